The van der Waals surface area contributed by atoms with Gasteiger partial charge in [-0.3, -0.25) is 4.90 Å². The van der Waals surface area contributed by atoms with Gasteiger partial charge in [-0.2, -0.15) is 0 Å². The third kappa shape index (κ3) is 2.92. The van der Waals surface area contributed by atoms with Crippen LogP contribution in [0.5, 0.6) is 0 Å². The van der Waals surface area contributed by atoms with Crippen LogP contribution in [0.15, 0.2) is 59.1 Å². The van der Waals surface area contributed by atoms with Crippen LogP contribution in [0.25, 0.3) is 0 Å². The average molecular weight is 370 g/mol. The van der Waals surface area contributed by atoms with Crippen molar-refractivity contribution in [1.82, 2.24) is 25.1 Å². The molecule has 3 aromatic rings. The lowest BCUT2D eigenvalue weighted by Crippen LogP contribution is -2.38. The van der Waals surface area contributed by atoms with Crippen molar-refractivity contribution in [3.63, 3.8) is 0 Å². The maximum atomic E-state index is 4.27. The van der Waals surface area contributed by atoms with Crippen molar-refractivity contribution < 1.29 is 0 Å². The topological polar surface area (TPSA) is 46.8 Å². The second kappa shape index (κ2) is 6.22. The highest BCUT2D eigenvalue weighted by molar-refractivity contribution is 9.10. The predicted molar refractivity (Wildman–Crippen MR) is 90.7 cm³/mol. The summed E-state index contributed by atoms with van der Waals surface area (Å²) < 4.78 is 3.02. The molecule has 0 N–H and O–H groups in total. The Morgan fingerprint density at radius 3 is 2.74 bits per heavy atom. The summed E-state index contributed by atoms with van der Waals surface area (Å²) in [7, 11) is 0. The van der Waals surface area contributed by atoms with E-state index in [1.165, 1.54) is 11.1 Å². The van der Waals surface area contributed by atoms with Gasteiger partial charge in [0, 0.05) is 17.6 Å². The zero-order valence-corrected chi connectivity index (χ0v) is 14.1. The van der Waals surface area contributed by atoms with E-state index in [9.17, 15) is 0 Å². The Morgan fingerprint density at radius 2 is 1.91 bits per heavy atom. The molecule has 116 valence electrons. The van der Waals surface area contributed by atoms with Crippen LogP contribution in [0, 0.1) is 0 Å². The van der Waals surface area contributed by atoms with Crippen molar-refractivity contribution in [3.05, 3.63) is 76.0 Å². The van der Waals surface area contributed by atoms with Crippen LogP contribution in [0.1, 0.15) is 23.0 Å². The molecule has 1 unspecified atom stereocenters. The Kier molecular flexibility index (Phi) is 3.93. The van der Waals surface area contributed by atoms with E-state index >= 15 is 0 Å². The van der Waals surface area contributed by atoms with Crippen molar-refractivity contribution in [2.45, 2.75) is 19.1 Å². The Balaban J connectivity index is 1.71. The van der Waals surface area contributed by atoms with Crippen LogP contribution in [0.4, 0.5) is 0 Å². The minimum absolute atomic E-state index is 0.0823. The predicted octanol–water partition coefficient (Wildman–Crippen LogP) is 3.04. The van der Waals surface area contributed by atoms with Crippen LogP contribution in [0.2, 0.25) is 0 Å². The number of tetrazole rings is 1. The Bertz CT molecular complexity index is 802. The van der Waals surface area contributed by atoms with Crippen molar-refractivity contribution in [3.8, 4) is 0 Å². The number of aromatic nitrogens is 4. The summed E-state index contributed by atoms with van der Waals surface area (Å²) in [6, 6.07) is 19.0. The minimum Gasteiger partial charge on any atom is -0.284 e. The molecule has 23 heavy (non-hydrogen) atoms. The van der Waals surface area contributed by atoms with Crippen molar-refractivity contribution in [2.75, 3.05) is 6.54 Å². The quantitative estimate of drug-likeness (QED) is 0.711. The lowest BCUT2D eigenvalue weighted by molar-refractivity contribution is 0.164. The molecular formula is C17H16BrN5. The highest BCUT2D eigenvalue weighted by atomic mass is 79.9. The lowest BCUT2D eigenvalue weighted by atomic mass is 10.0. The number of rotatable bonds is 3. The third-order valence-electron chi connectivity index (χ3n) is 4.16. The van der Waals surface area contributed by atoms with E-state index in [0.29, 0.717) is 0 Å². The zero-order chi connectivity index (χ0) is 15.6. The molecule has 0 bridgehead atoms. The number of halogens is 1. The Labute approximate surface area is 143 Å². The molecule has 6 heteroatoms. The molecule has 0 saturated heterocycles. The molecule has 4 rings (SSSR count). The lowest BCUT2D eigenvalue weighted by Gasteiger charge is -2.34. The highest BCUT2D eigenvalue weighted by Crippen LogP contribution is 2.31. The molecule has 0 aliphatic carbocycles. The van der Waals surface area contributed by atoms with Gasteiger partial charge in [0.25, 0.3) is 0 Å². The molecule has 0 fully saturated rings. The number of hydrogen-bond acceptors (Lipinski definition) is 4. The summed E-state index contributed by atoms with van der Waals surface area (Å²) >= 11 is 3.55. The van der Waals surface area contributed by atoms with Gasteiger partial charge < -0.3 is 0 Å². The fourth-order valence-corrected chi connectivity index (χ4v) is 3.56. The highest BCUT2D eigenvalue weighted by Gasteiger charge is 2.31. The SMILES string of the molecule is Brc1cccc(CN2CCn3nnnc3C2c2ccccc2)c1. The van der Waals surface area contributed by atoms with Crippen molar-refractivity contribution in [1.29, 1.82) is 0 Å². The van der Waals surface area contributed by atoms with E-state index in [1.54, 1.807) is 0 Å². The smallest absolute Gasteiger partial charge is 0.173 e. The normalized spacial score (nSPS) is 17.9. The van der Waals surface area contributed by atoms with E-state index in [1.807, 2.05) is 10.7 Å². The van der Waals surface area contributed by atoms with Crippen LogP contribution >= 0.6 is 15.9 Å². The van der Waals surface area contributed by atoms with Crippen LogP contribution < -0.4 is 0 Å². The maximum Gasteiger partial charge on any atom is 0.173 e. The van der Waals surface area contributed by atoms with Crippen molar-refractivity contribution in [2.24, 2.45) is 0 Å². The summed E-state index contributed by atoms with van der Waals surface area (Å²) in [5.41, 5.74) is 2.50. The van der Waals surface area contributed by atoms with Gasteiger partial charge in [0.1, 0.15) is 0 Å². The average Bonchev–Trinajstić information content (AvgIpc) is 3.04. The fourth-order valence-electron chi connectivity index (χ4n) is 3.12. The summed E-state index contributed by atoms with van der Waals surface area (Å²) in [5, 5.41) is 12.2. The van der Waals surface area contributed by atoms with Gasteiger partial charge in [-0.15, -0.1) is 5.10 Å². The van der Waals surface area contributed by atoms with E-state index in [0.717, 1.165) is 29.9 Å². The number of fused-ring (bicyclic) bond motifs is 1. The second-order valence-electron chi connectivity index (χ2n) is 5.67. The first-order valence-corrected chi connectivity index (χ1v) is 8.40. The summed E-state index contributed by atoms with van der Waals surface area (Å²) in [4.78, 5) is 2.43. The van der Waals surface area contributed by atoms with E-state index < -0.39 is 0 Å². The van der Waals surface area contributed by atoms with Gasteiger partial charge in [-0.25, -0.2) is 4.68 Å². The molecule has 0 radical (unpaired) electrons. The van der Waals surface area contributed by atoms with Gasteiger partial charge in [0.2, 0.25) is 0 Å². The Morgan fingerprint density at radius 1 is 1.04 bits per heavy atom. The Hall–Kier alpha value is -2.05. The zero-order valence-electron chi connectivity index (χ0n) is 12.5. The van der Waals surface area contributed by atoms with E-state index in [2.05, 4.69) is 84.9 Å². The van der Waals surface area contributed by atoms with Crippen molar-refractivity contribution >= 4 is 15.9 Å². The van der Waals surface area contributed by atoms with Gasteiger partial charge >= 0.3 is 0 Å². The first-order chi connectivity index (χ1) is 11.3. The van der Waals surface area contributed by atoms with Crippen LogP contribution in [-0.4, -0.2) is 31.7 Å². The van der Waals surface area contributed by atoms with Gasteiger partial charge in [-0.05, 0) is 33.7 Å². The number of hydrogen-bond donors (Lipinski definition) is 0. The summed E-state index contributed by atoms with van der Waals surface area (Å²) in [6.45, 7) is 2.61. The largest absolute Gasteiger partial charge is 0.284 e. The number of benzene rings is 2. The molecule has 5 nitrogen and oxygen atoms in total. The molecular weight excluding hydrogens is 354 g/mol. The van der Waals surface area contributed by atoms with Crippen LogP contribution in [0.3, 0.4) is 0 Å². The first kappa shape index (κ1) is 14.5. The van der Waals surface area contributed by atoms with E-state index in [4.69, 9.17) is 0 Å². The maximum absolute atomic E-state index is 4.27. The molecule has 0 spiro atoms. The van der Waals surface area contributed by atoms with Gasteiger partial charge in [0.05, 0.1) is 12.6 Å². The van der Waals surface area contributed by atoms with E-state index in [-0.39, 0.29) is 6.04 Å². The molecule has 2 aromatic carbocycles. The second-order valence-corrected chi connectivity index (χ2v) is 6.59. The fraction of sp³-hybridized carbons (Fsp3) is 0.235. The van der Waals surface area contributed by atoms with Crippen LogP contribution in [-0.2, 0) is 13.1 Å². The molecule has 0 amide bonds. The summed E-state index contributed by atoms with van der Waals surface area (Å²) in [6.07, 6.45) is 0. The van der Waals surface area contributed by atoms with Gasteiger partial charge in [0.15, 0.2) is 5.82 Å². The molecule has 2 heterocycles. The van der Waals surface area contributed by atoms with Gasteiger partial charge in [-0.1, -0.05) is 58.4 Å². The number of nitrogens with zero attached hydrogens (tertiary/aromatic N) is 5. The standard InChI is InChI=1S/C17H16BrN5/c18-15-8-4-5-13(11-15)12-22-9-10-23-17(19-20-21-23)16(22)14-6-2-1-3-7-14/h1-8,11,16H,9-10,12H2. The first-order valence-electron chi connectivity index (χ1n) is 7.61. The monoisotopic (exact) mass is 369 g/mol. The molecule has 1 aliphatic rings. The third-order valence-corrected chi connectivity index (χ3v) is 4.65. The molecule has 1 atom stereocenters. The molecule has 1 aromatic heterocycles. The molecule has 0 saturated carbocycles. The summed E-state index contributed by atoms with van der Waals surface area (Å²) in [5.74, 6) is 0.914. The minimum atomic E-state index is 0.0823. The molecule has 1 aliphatic heterocycles.